The first-order chi connectivity index (χ1) is 13.5. The van der Waals surface area contributed by atoms with Crippen LogP contribution < -0.4 is 15.9 Å². The van der Waals surface area contributed by atoms with Gasteiger partial charge >= 0.3 is 5.69 Å². The first-order valence-corrected chi connectivity index (χ1v) is 9.27. The van der Waals surface area contributed by atoms with Crippen LogP contribution in [0.3, 0.4) is 0 Å². The number of hydrogen-bond acceptors (Lipinski definition) is 4. The van der Waals surface area contributed by atoms with Crippen LogP contribution in [0.2, 0.25) is 0 Å². The van der Waals surface area contributed by atoms with Crippen molar-refractivity contribution in [3.8, 4) is 0 Å². The summed E-state index contributed by atoms with van der Waals surface area (Å²) >= 11 is 0. The first-order valence-electron chi connectivity index (χ1n) is 9.27. The number of benzene rings is 2. The molecule has 7 nitrogen and oxygen atoms in total. The van der Waals surface area contributed by atoms with E-state index < -0.39 is 0 Å². The van der Waals surface area contributed by atoms with E-state index in [0.717, 1.165) is 31.9 Å². The maximum absolute atomic E-state index is 13.1. The molecule has 0 spiro atoms. The van der Waals surface area contributed by atoms with Crippen LogP contribution in [0, 0.1) is 5.82 Å². The number of amides is 1. The summed E-state index contributed by atoms with van der Waals surface area (Å²) in [4.78, 5) is 33.7. The zero-order valence-corrected chi connectivity index (χ0v) is 15.5. The summed E-state index contributed by atoms with van der Waals surface area (Å²) in [7, 11) is 0. The predicted molar refractivity (Wildman–Crippen MR) is 107 cm³/mol. The largest absolute Gasteiger partial charge is 0.369 e. The molecule has 4 rings (SSSR count). The van der Waals surface area contributed by atoms with Crippen LogP contribution in [0.25, 0.3) is 11.0 Å². The van der Waals surface area contributed by atoms with Gasteiger partial charge in [-0.05, 0) is 49.4 Å². The Labute approximate surface area is 161 Å². The molecule has 146 valence electrons. The first kappa shape index (κ1) is 18.2. The van der Waals surface area contributed by atoms with Gasteiger partial charge in [-0.15, -0.1) is 0 Å². The third-order valence-corrected chi connectivity index (χ3v) is 5.22. The van der Waals surface area contributed by atoms with Gasteiger partial charge in [0.2, 0.25) is 5.91 Å². The zero-order chi connectivity index (χ0) is 19.7. The second-order valence-corrected chi connectivity index (χ2v) is 7.00. The van der Waals surface area contributed by atoms with E-state index in [-0.39, 0.29) is 23.5 Å². The van der Waals surface area contributed by atoms with Crippen molar-refractivity contribution in [2.75, 3.05) is 36.4 Å². The maximum atomic E-state index is 13.1. The second-order valence-electron chi connectivity index (χ2n) is 7.00. The number of anilines is 2. The van der Waals surface area contributed by atoms with Crippen molar-refractivity contribution in [2.24, 2.45) is 0 Å². The molecular weight excluding hydrogens is 361 g/mol. The summed E-state index contributed by atoms with van der Waals surface area (Å²) < 4.78 is 13.1. The Bertz CT molecular complexity index is 1030. The Morgan fingerprint density at radius 1 is 1.04 bits per heavy atom. The van der Waals surface area contributed by atoms with Gasteiger partial charge in [-0.1, -0.05) is 0 Å². The van der Waals surface area contributed by atoms with Gasteiger partial charge in [0.1, 0.15) is 5.82 Å². The molecule has 0 radical (unpaired) electrons. The minimum Gasteiger partial charge on any atom is -0.369 e. The molecule has 0 saturated carbocycles. The lowest BCUT2D eigenvalue weighted by atomic mass is 10.2. The number of fused-ring (bicyclic) bond motifs is 1. The summed E-state index contributed by atoms with van der Waals surface area (Å²) in [6.45, 7) is 4.94. The Morgan fingerprint density at radius 2 is 1.71 bits per heavy atom. The van der Waals surface area contributed by atoms with E-state index in [1.807, 2.05) is 6.92 Å². The van der Waals surface area contributed by atoms with Crippen molar-refractivity contribution in [1.29, 1.82) is 0 Å². The fraction of sp³-hybridized carbons (Fsp3) is 0.300. The lowest BCUT2D eigenvalue weighted by Gasteiger charge is -2.38. The number of rotatable bonds is 4. The summed E-state index contributed by atoms with van der Waals surface area (Å²) in [5, 5.41) is 2.92. The summed E-state index contributed by atoms with van der Waals surface area (Å²) in [5.41, 5.74) is 2.72. The normalized spacial score (nSPS) is 16.3. The van der Waals surface area contributed by atoms with Gasteiger partial charge in [-0.25, -0.2) is 9.18 Å². The van der Waals surface area contributed by atoms with E-state index in [1.54, 1.807) is 30.3 Å². The number of H-pyrrole nitrogens is 2. The van der Waals surface area contributed by atoms with Crippen LogP contribution in [-0.2, 0) is 4.79 Å². The predicted octanol–water partition coefficient (Wildman–Crippen LogP) is 2.14. The Hall–Kier alpha value is -3.13. The van der Waals surface area contributed by atoms with Crippen molar-refractivity contribution in [3.63, 3.8) is 0 Å². The number of piperazine rings is 1. The maximum Gasteiger partial charge on any atom is 0.323 e. The molecule has 1 aliphatic heterocycles. The highest BCUT2D eigenvalue weighted by atomic mass is 19.1. The molecule has 1 fully saturated rings. The molecule has 28 heavy (non-hydrogen) atoms. The van der Waals surface area contributed by atoms with E-state index in [9.17, 15) is 14.0 Å². The summed E-state index contributed by atoms with van der Waals surface area (Å²) in [6.07, 6.45) is 0. The number of nitrogens with one attached hydrogen (secondary N) is 3. The van der Waals surface area contributed by atoms with Crippen LogP contribution >= 0.6 is 0 Å². The van der Waals surface area contributed by atoms with Gasteiger partial charge in [0.15, 0.2) is 0 Å². The number of halogens is 1. The van der Waals surface area contributed by atoms with Crippen molar-refractivity contribution in [1.82, 2.24) is 14.9 Å². The van der Waals surface area contributed by atoms with E-state index in [4.69, 9.17) is 0 Å². The fourth-order valence-electron chi connectivity index (χ4n) is 3.54. The van der Waals surface area contributed by atoms with E-state index in [2.05, 4.69) is 25.1 Å². The minimum atomic E-state index is -0.281. The molecule has 3 aromatic rings. The molecule has 1 atom stereocenters. The van der Waals surface area contributed by atoms with Crippen LogP contribution in [0.5, 0.6) is 0 Å². The number of carbonyl (C=O) groups excluding carboxylic acids is 1. The molecule has 8 heteroatoms. The van der Waals surface area contributed by atoms with Gasteiger partial charge in [0, 0.05) is 37.6 Å². The number of hydrogen-bond donors (Lipinski definition) is 3. The summed E-state index contributed by atoms with van der Waals surface area (Å²) in [5.74, 6) is -0.331. The molecule has 0 unspecified atom stereocenters. The number of imidazole rings is 1. The highest BCUT2D eigenvalue weighted by Crippen LogP contribution is 2.19. The van der Waals surface area contributed by atoms with Gasteiger partial charge in [-0.3, -0.25) is 9.69 Å². The molecule has 0 aliphatic carbocycles. The van der Waals surface area contributed by atoms with E-state index in [0.29, 0.717) is 16.7 Å². The molecule has 3 N–H and O–H groups in total. The molecular formula is C20H22FN5O2. The Morgan fingerprint density at radius 3 is 2.43 bits per heavy atom. The highest BCUT2D eigenvalue weighted by molar-refractivity contribution is 5.96. The molecule has 1 aliphatic rings. The molecule has 1 amide bonds. The molecule has 0 bridgehead atoms. The third-order valence-electron chi connectivity index (χ3n) is 5.22. The average molecular weight is 383 g/mol. The van der Waals surface area contributed by atoms with E-state index in [1.165, 1.54) is 12.1 Å². The summed E-state index contributed by atoms with van der Waals surface area (Å²) in [6, 6.07) is 11.5. The Balaban J connectivity index is 1.36. The van der Waals surface area contributed by atoms with Crippen molar-refractivity contribution in [3.05, 3.63) is 58.8 Å². The quantitative estimate of drug-likeness (QED) is 0.645. The van der Waals surface area contributed by atoms with Gasteiger partial charge in [0.25, 0.3) is 0 Å². The third kappa shape index (κ3) is 3.77. The smallest absolute Gasteiger partial charge is 0.323 e. The van der Waals surface area contributed by atoms with E-state index >= 15 is 0 Å². The topological polar surface area (TPSA) is 84.2 Å². The molecule has 1 aromatic heterocycles. The SMILES string of the molecule is C[C@H](C(=O)Nc1ccc2[nH]c(=O)[nH]c2c1)N1CCN(c2ccc(F)cc2)CC1. The van der Waals surface area contributed by atoms with Gasteiger partial charge in [0.05, 0.1) is 17.1 Å². The second kappa shape index (κ2) is 7.47. The van der Waals surface area contributed by atoms with Crippen LogP contribution in [-0.4, -0.2) is 53.0 Å². The molecule has 2 heterocycles. The van der Waals surface area contributed by atoms with Crippen LogP contribution in [0.4, 0.5) is 15.8 Å². The fourth-order valence-corrected chi connectivity index (χ4v) is 3.54. The number of aromatic amines is 2. The lowest BCUT2D eigenvalue weighted by molar-refractivity contribution is -0.120. The standard InChI is InChI=1S/C20H22FN5O2/c1-13(19(27)22-15-4-7-17-18(12-15)24-20(28)23-17)25-8-10-26(11-9-25)16-5-2-14(21)3-6-16/h2-7,12-13H,8-11H2,1H3,(H,22,27)(H2,23,24,28)/t13-/m1/s1. The average Bonchev–Trinajstić information content (AvgIpc) is 3.07. The Kier molecular flexibility index (Phi) is 4.87. The number of aromatic nitrogens is 2. The number of nitrogens with zero attached hydrogens (tertiary/aromatic N) is 2. The molecule has 1 saturated heterocycles. The molecule has 2 aromatic carbocycles. The zero-order valence-electron chi connectivity index (χ0n) is 15.5. The monoisotopic (exact) mass is 383 g/mol. The highest BCUT2D eigenvalue weighted by Gasteiger charge is 2.25. The van der Waals surface area contributed by atoms with Crippen molar-refractivity contribution < 1.29 is 9.18 Å². The van der Waals surface area contributed by atoms with Gasteiger partial charge in [-0.2, -0.15) is 0 Å². The van der Waals surface area contributed by atoms with Crippen LogP contribution in [0.15, 0.2) is 47.3 Å². The van der Waals surface area contributed by atoms with Crippen molar-refractivity contribution >= 4 is 28.3 Å². The van der Waals surface area contributed by atoms with Gasteiger partial charge < -0.3 is 20.2 Å². The number of carbonyl (C=O) groups is 1. The minimum absolute atomic E-state index is 0.0903. The van der Waals surface area contributed by atoms with Crippen LogP contribution in [0.1, 0.15) is 6.92 Å². The van der Waals surface area contributed by atoms with Crippen molar-refractivity contribution in [2.45, 2.75) is 13.0 Å². The lowest BCUT2D eigenvalue weighted by Crippen LogP contribution is -2.52.